The summed E-state index contributed by atoms with van der Waals surface area (Å²) >= 11 is 0. The maximum absolute atomic E-state index is 12.0. The number of rotatable bonds is 2. The summed E-state index contributed by atoms with van der Waals surface area (Å²) in [7, 11) is 0. The number of carbonyl (C=O) groups is 2. The summed E-state index contributed by atoms with van der Waals surface area (Å²) in [5, 5.41) is 0. The van der Waals surface area contributed by atoms with E-state index in [1.165, 1.54) is 0 Å². The molecule has 2 aliphatic carbocycles. The molecule has 2 saturated heterocycles. The van der Waals surface area contributed by atoms with Crippen molar-refractivity contribution >= 4 is 11.9 Å². The zero-order chi connectivity index (χ0) is 14.8. The van der Waals surface area contributed by atoms with E-state index in [1.54, 1.807) is 0 Å². The van der Waals surface area contributed by atoms with Crippen LogP contribution in [0.2, 0.25) is 0 Å². The maximum Gasteiger partial charge on any atom is 0.312 e. The average molecular weight is 292 g/mol. The Balaban J connectivity index is 1.47. The molecule has 0 radical (unpaired) electrons. The molecule has 4 aliphatic rings. The number of esters is 2. The first-order valence-corrected chi connectivity index (χ1v) is 8.38. The highest BCUT2D eigenvalue weighted by Crippen LogP contribution is 2.51. The molecule has 21 heavy (non-hydrogen) atoms. The zero-order valence-corrected chi connectivity index (χ0v) is 12.8. The molecule has 2 aliphatic heterocycles. The van der Waals surface area contributed by atoms with Gasteiger partial charge in [0.2, 0.25) is 0 Å². The van der Waals surface area contributed by atoms with Crippen molar-refractivity contribution in [1.29, 1.82) is 0 Å². The van der Waals surface area contributed by atoms with E-state index in [9.17, 15) is 9.59 Å². The van der Waals surface area contributed by atoms with Crippen LogP contribution < -0.4 is 0 Å². The van der Waals surface area contributed by atoms with Gasteiger partial charge in [-0.05, 0) is 56.8 Å². The van der Waals surface area contributed by atoms with E-state index in [0.29, 0.717) is 17.8 Å². The van der Waals surface area contributed by atoms with Gasteiger partial charge in [0.05, 0.1) is 11.3 Å². The van der Waals surface area contributed by atoms with Crippen molar-refractivity contribution in [3.05, 3.63) is 0 Å². The van der Waals surface area contributed by atoms with Crippen molar-refractivity contribution in [3.8, 4) is 0 Å². The Labute approximate surface area is 125 Å². The van der Waals surface area contributed by atoms with Crippen LogP contribution in [0.25, 0.3) is 0 Å². The SMILES string of the molecule is C[C@@H]1C[C@H](C[C@@H]2CC[C@]3(C)CC2OC3=O)C2CC1OC2=O. The minimum absolute atomic E-state index is 0.00708. The lowest BCUT2D eigenvalue weighted by molar-refractivity contribution is -0.148. The number of fused-ring (bicyclic) bond motifs is 4. The van der Waals surface area contributed by atoms with Crippen LogP contribution in [0.15, 0.2) is 0 Å². The molecule has 4 heteroatoms. The Morgan fingerprint density at radius 1 is 1.14 bits per heavy atom. The Morgan fingerprint density at radius 2 is 1.95 bits per heavy atom. The van der Waals surface area contributed by atoms with Crippen molar-refractivity contribution in [2.45, 2.75) is 64.6 Å². The summed E-state index contributed by atoms with van der Waals surface area (Å²) in [4.78, 5) is 24.0. The summed E-state index contributed by atoms with van der Waals surface area (Å²) in [5.41, 5.74) is -0.238. The minimum Gasteiger partial charge on any atom is -0.462 e. The molecule has 3 unspecified atom stereocenters. The van der Waals surface area contributed by atoms with Gasteiger partial charge in [-0.1, -0.05) is 6.92 Å². The molecule has 0 aromatic rings. The van der Waals surface area contributed by atoms with E-state index < -0.39 is 0 Å². The van der Waals surface area contributed by atoms with Gasteiger partial charge in [-0.25, -0.2) is 0 Å². The van der Waals surface area contributed by atoms with Crippen LogP contribution in [0.4, 0.5) is 0 Å². The highest BCUT2D eigenvalue weighted by atomic mass is 16.6. The second-order valence-electron chi connectivity index (χ2n) is 8.03. The summed E-state index contributed by atoms with van der Waals surface area (Å²) in [5.74, 6) is 1.42. The van der Waals surface area contributed by atoms with Crippen molar-refractivity contribution in [2.75, 3.05) is 0 Å². The van der Waals surface area contributed by atoms with Crippen LogP contribution in [0.3, 0.4) is 0 Å². The van der Waals surface area contributed by atoms with E-state index in [4.69, 9.17) is 9.47 Å². The lowest BCUT2D eigenvalue weighted by atomic mass is 9.66. The van der Waals surface area contributed by atoms with Crippen LogP contribution in [-0.4, -0.2) is 24.1 Å². The molecule has 4 bridgehead atoms. The third-order valence-corrected chi connectivity index (χ3v) is 6.54. The van der Waals surface area contributed by atoms with Gasteiger partial charge < -0.3 is 9.47 Å². The normalized spacial score (nSPS) is 51.7. The maximum atomic E-state index is 12.0. The molecule has 2 saturated carbocycles. The third kappa shape index (κ3) is 2.01. The topological polar surface area (TPSA) is 52.6 Å². The number of carbonyl (C=O) groups excluding carboxylic acids is 2. The van der Waals surface area contributed by atoms with Crippen LogP contribution in [0.1, 0.15) is 52.4 Å². The molecule has 4 rings (SSSR count). The van der Waals surface area contributed by atoms with Gasteiger partial charge >= 0.3 is 11.9 Å². The van der Waals surface area contributed by atoms with Crippen LogP contribution in [-0.2, 0) is 19.1 Å². The summed E-state index contributed by atoms with van der Waals surface area (Å²) in [6, 6.07) is 0. The quantitative estimate of drug-likeness (QED) is 0.734. The van der Waals surface area contributed by atoms with E-state index in [0.717, 1.165) is 38.5 Å². The fourth-order valence-corrected chi connectivity index (χ4v) is 5.08. The molecule has 4 nitrogen and oxygen atoms in total. The lowest BCUT2D eigenvalue weighted by Gasteiger charge is -2.36. The van der Waals surface area contributed by atoms with E-state index in [1.807, 2.05) is 6.92 Å². The van der Waals surface area contributed by atoms with E-state index >= 15 is 0 Å². The van der Waals surface area contributed by atoms with Gasteiger partial charge in [0.1, 0.15) is 12.2 Å². The third-order valence-electron chi connectivity index (χ3n) is 6.54. The molecule has 2 heterocycles. The molecule has 0 aromatic heterocycles. The van der Waals surface area contributed by atoms with Crippen LogP contribution in [0.5, 0.6) is 0 Å². The largest absolute Gasteiger partial charge is 0.462 e. The number of ether oxygens (including phenoxy) is 2. The minimum atomic E-state index is -0.238. The van der Waals surface area contributed by atoms with Gasteiger partial charge in [-0.2, -0.15) is 0 Å². The monoisotopic (exact) mass is 292 g/mol. The Bertz CT molecular complexity index is 487. The predicted molar refractivity (Wildman–Crippen MR) is 75.2 cm³/mol. The highest BCUT2D eigenvalue weighted by Gasteiger charge is 2.53. The van der Waals surface area contributed by atoms with Crippen molar-refractivity contribution < 1.29 is 19.1 Å². The summed E-state index contributed by atoms with van der Waals surface area (Å²) in [6.45, 7) is 4.23. The molecule has 0 amide bonds. The van der Waals surface area contributed by atoms with Gasteiger partial charge in [-0.15, -0.1) is 0 Å². The van der Waals surface area contributed by atoms with Gasteiger partial charge in [0.25, 0.3) is 0 Å². The molecular formula is C17H24O4. The molecule has 7 atom stereocenters. The first-order chi connectivity index (χ1) is 9.96. The highest BCUT2D eigenvalue weighted by molar-refractivity contribution is 5.79. The zero-order valence-electron chi connectivity index (χ0n) is 12.8. The van der Waals surface area contributed by atoms with E-state index in [-0.39, 0.29) is 35.5 Å². The molecule has 116 valence electrons. The number of hydrogen-bond acceptors (Lipinski definition) is 4. The fraction of sp³-hybridized carbons (Fsp3) is 0.882. The average Bonchev–Trinajstić information content (AvgIpc) is 2.89. The molecule has 4 fully saturated rings. The number of hydrogen-bond donors (Lipinski definition) is 0. The lowest BCUT2D eigenvalue weighted by Crippen LogP contribution is -2.34. The second-order valence-corrected chi connectivity index (χ2v) is 8.03. The first kappa shape index (κ1) is 13.6. The molecule has 0 aromatic carbocycles. The molecule has 0 N–H and O–H groups in total. The molecular weight excluding hydrogens is 268 g/mol. The Morgan fingerprint density at radius 3 is 2.76 bits per heavy atom. The Hall–Kier alpha value is -1.06. The summed E-state index contributed by atoms with van der Waals surface area (Å²) < 4.78 is 11.1. The van der Waals surface area contributed by atoms with Crippen molar-refractivity contribution in [2.24, 2.45) is 29.1 Å². The second kappa shape index (κ2) is 4.47. The smallest absolute Gasteiger partial charge is 0.312 e. The van der Waals surface area contributed by atoms with E-state index in [2.05, 4.69) is 6.92 Å². The summed E-state index contributed by atoms with van der Waals surface area (Å²) in [6.07, 6.45) is 6.10. The van der Waals surface area contributed by atoms with Crippen molar-refractivity contribution in [3.63, 3.8) is 0 Å². The first-order valence-electron chi connectivity index (χ1n) is 8.38. The standard InChI is InChI=1S/C17H24O4/c1-9-5-11(12-7-13(9)20-15(12)18)6-10-3-4-17(2)8-14(10)21-16(17)19/h9-14H,3-8H2,1-2H3/t9-,10+,11-,12?,13?,14?,17-/m1/s1. The van der Waals surface area contributed by atoms with Crippen molar-refractivity contribution in [1.82, 2.24) is 0 Å². The Kier molecular flexibility index (Phi) is 2.89. The van der Waals surface area contributed by atoms with Crippen LogP contribution in [0, 0.1) is 29.1 Å². The fourth-order valence-electron chi connectivity index (χ4n) is 5.08. The molecule has 0 spiro atoms. The predicted octanol–water partition coefficient (Wildman–Crippen LogP) is 2.70. The van der Waals surface area contributed by atoms with Crippen LogP contribution >= 0.6 is 0 Å². The van der Waals surface area contributed by atoms with Gasteiger partial charge in [0, 0.05) is 6.42 Å². The van der Waals surface area contributed by atoms with Gasteiger partial charge in [-0.3, -0.25) is 9.59 Å². The van der Waals surface area contributed by atoms with Gasteiger partial charge in [0.15, 0.2) is 0 Å².